The number of fused-ring (bicyclic) bond motifs is 1. The molecule has 0 saturated heterocycles. The quantitative estimate of drug-likeness (QED) is 0.457. The first-order chi connectivity index (χ1) is 14.3. The van der Waals surface area contributed by atoms with Crippen molar-refractivity contribution < 1.29 is 9.72 Å². The number of para-hydroxylation sites is 1. The molecule has 0 spiro atoms. The highest BCUT2D eigenvalue weighted by molar-refractivity contribution is 5.95. The molecule has 3 rings (SSSR count). The first kappa shape index (κ1) is 21.1. The van der Waals surface area contributed by atoms with Crippen molar-refractivity contribution in [3.8, 4) is 0 Å². The van der Waals surface area contributed by atoms with Gasteiger partial charge in [0.1, 0.15) is 11.5 Å². The lowest BCUT2D eigenvalue weighted by atomic mass is 10.1. The van der Waals surface area contributed by atoms with Gasteiger partial charge in [0, 0.05) is 6.07 Å². The predicted molar refractivity (Wildman–Crippen MR) is 115 cm³/mol. The van der Waals surface area contributed by atoms with Crippen molar-refractivity contribution in [2.75, 3.05) is 18.4 Å². The minimum absolute atomic E-state index is 0.00241. The molecule has 0 aliphatic heterocycles. The van der Waals surface area contributed by atoms with E-state index in [4.69, 9.17) is 0 Å². The van der Waals surface area contributed by atoms with Gasteiger partial charge in [-0.1, -0.05) is 25.1 Å². The van der Waals surface area contributed by atoms with Gasteiger partial charge < -0.3 is 10.3 Å². The Balaban J connectivity index is 1.77. The number of anilines is 1. The molecule has 9 heteroatoms. The van der Waals surface area contributed by atoms with Gasteiger partial charge in [-0.2, -0.15) is 0 Å². The van der Waals surface area contributed by atoms with E-state index in [0.717, 1.165) is 5.56 Å². The number of carbonyl (C=O) groups excluding carboxylic acids is 1. The van der Waals surface area contributed by atoms with Crippen LogP contribution in [0.4, 0.5) is 11.4 Å². The standard InChI is InChI=1S/C21H23N5O4/c1-4-25(11-18-22-16-8-6-5-7-15(16)21(28)23-18)12-19(27)24-20-14(3)13(2)9-10-17(20)26(29)30/h5-10H,4,11-12H2,1-3H3,(H,24,27)(H,22,23,28). The summed E-state index contributed by atoms with van der Waals surface area (Å²) in [5.41, 5.74) is 1.92. The van der Waals surface area contributed by atoms with Gasteiger partial charge in [-0.25, -0.2) is 4.98 Å². The van der Waals surface area contributed by atoms with E-state index in [0.29, 0.717) is 28.8 Å². The molecular weight excluding hydrogens is 386 g/mol. The van der Waals surface area contributed by atoms with Crippen LogP contribution in [0.5, 0.6) is 0 Å². The number of carbonyl (C=O) groups is 1. The number of nitro benzene ring substituents is 1. The number of likely N-dealkylation sites (N-methyl/N-ethyl adjacent to an activating group) is 1. The van der Waals surface area contributed by atoms with Crippen LogP contribution in [-0.2, 0) is 11.3 Å². The largest absolute Gasteiger partial charge is 0.319 e. The van der Waals surface area contributed by atoms with Crippen LogP contribution < -0.4 is 10.9 Å². The summed E-state index contributed by atoms with van der Waals surface area (Å²) in [6.45, 7) is 6.23. The van der Waals surface area contributed by atoms with Crippen molar-refractivity contribution in [2.45, 2.75) is 27.3 Å². The Morgan fingerprint density at radius 3 is 2.67 bits per heavy atom. The van der Waals surface area contributed by atoms with E-state index >= 15 is 0 Å². The van der Waals surface area contributed by atoms with Gasteiger partial charge in [0.15, 0.2) is 0 Å². The molecule has 9 nitrogen and oxygen atoms in total. The van der Waals surface area contributed by atoms with E-state index in [1.54, 1.807) is 42.2 Å². The zero-order chi connectivity index (χ0) is 21.8. The number of benzene rings is 2. The van der Waals surface area contributed by atoms with E-state index in [1.165, 1.54) is 6.07 Å². The number of nitrogens with zero attached hydrogens (tertiary/aromatic N) is 3. The van der Waals surface area contributed by atoms with Gasteiger partial charge in [-0.3, -0.25) is 24.6 Å². The molecule has 1 amide bonds. The van der Waals surface area contributed by atoms with Crippen molar-refractivity contribution in [2.24, 2.45) is 0 Å². The number of hydrogen-bond acceptors (Lipinski definition) is 6. The summed E-state index contributed by atoms with van der Waals surface area (Å²) < 4.78 is 0. The summed E-state index contributed by atoms with van der Waals surface area (Å²) in [6, 6.07) is 10.1. The summed E-state index contributed by atoms with van der Waals surface area (Å²) in [5, 5.41) is 14.5. The summed E-state index contributed by atoms with van der Waals surface area (Å²) in [5.74, 6) is 0.0721. The number of rotatable bonds is 7. The van der Waals surface area contributed by atoms with Crippen molar-refractivity contribution in [3.05, 3.63) is 73.8 Å². The van der Waals surface area contributed by atoms with Gasteiger partial charge in [0.05, 0.1) is 28.9 Å². The molecule has 0 radical (unpaired) electrons. The highest BCUT2D eigenvalue weighted by atomic mass is 16.6. The molecule has 0 fully saturated rings. The van der Waals surface area contributed by atoms with Crippen LogP contribution in [-0.4, -0.2) is 38.8 Å². The highest BCUT2D eigenvalue weighted by Crippen LogP contribution is 2.30. The van der Waals surface area contributed by atoms with Crippen LogP contribution in [0, 0.1) is 24.0 Å². The maximum atomic E-state index is 12.6. The van der Waals surface area contributed by atoms with Crippen molar-refractivity contribution in [3.63, 3.8) is 0 Å². The maximum absolute atomic E-state index is 12.6. The average Bonchev–Trinajstić information content (AvgIpc) is 2.70. The van der Waals surface area contributed by atoms with Crippen LogP contribution in [0.25, 0.3) is 10.9 Å². The number of nitro groups is 1. The highest BCUT2D eigenvalue weighted by Gasteiger charge is 2.20. The number of amides is 1. The fourth-order valence-corrected chi connectivity index (χ4v) is 3.19. The maximum Gasteiger partial charge on any atom is 0.293 e. The molecule has 1 aromatic heterocycles. The summed E-state index contributed by atoms with van der Waals surface area (Å²) in [4.78, 5) is 44.7. The summed E-state index contributed by atoms with van der Waals surface area (Å²) >= 11 is 0. The molecule has 2 aromatic carbocycles. The van der Waals surface area contributed by atoms with Gasteiger partial charge in [-0.15, -0.1) is 0 Å². The molecule has 1 heterocycles. The minimum Gasteiger partial charge on any atom is -0.319 e. The molecule has 2 N–H and O–H groups in total. The molecule has 30 heavy (non-hydrogen) atoms. The summed E-state index contributed by atoms with van der Waals surface area (Å²) in [6.07, 6.45) is 0. The van der Waals surface area contributed by atoms with E-state index in [9.17, 15) is 19.7 Å². The second kappa shape index (κ2) is 8.83. The Morgan fingerprint density at radius 2 is 1.97 bits per heavy atom. The van der Waals surface area contributed by atoms with Crippen molar-refractivity contribution in [1.82, 2.24) is 14.9 Å². The Morgan fingerprint density at radius 1 is 1.23 bits per heavy atom. The lowest BCUT2D eigenvalue weighted by molar-refractivity contribution is -0.384. The number of nitrogens with one attached hydrogen (secondary N) is 2. The third kappa shape index (κ3) is 4.52. The van der Waals surface area contributed by atoms with Crippen LogP contribution >= 0.6 is 0 Å². The van der Waals surface area contributed by atoms with Gasteiger partial charge in [0.2, 0.25) is 5.91 Å². The predicted octanol–water partition coefficient (Wildman–Crippen LogP) is 2.91. The van der Waals surface area contributed by atoms with Crippen LogP contribution in [0.15, 0.2) is 41.2 Å². The molecule has 156 valence electrons. The summed E-state index contributed by atoms with van der Waals surface area (Å²) in [7, 11) is 0. The Bertz CT molecular complexity index is 1170. The number of aromatic nitrogens is 2. The fraction of sp³-hybridized carbons (Fsp3) is 0.286. The lowest BCUT2D eigenvalue weighted by Gasteiger charge is -2.20. The van der Waals surface area contributed by atoms with Crippen molar-refractivity contribution in [1.29, 1.82) is 0 Å². The number of aryl methyl sites for hydroxylation is 1. The van der Waals surface area contributed by atoms with Crippen LogP contribution in [0.2, 0.25) is 0 Å². The monoisotopic (exact) mass is 409 g/mol. The lowest BCUT2D eigenvalue weighted by Crippen LogP contribution is -2.34. The molecule has 0 unspecified atom stereocenters. The van der Waals surface area contributed by atoms with Gasteiger partial charge in [0.25, 0.3) is 11.2 Å². The zero-order valence-corrected chi connectivity index (χ0v) is 17.1. The van der Waals surface area contributed by atoms with E-state index in [1.807, 2.05) is 13.8 Å². The average molecular weight is 409 g/mol. The molecule has 0 saturated carbocycles. The van der Waals surface area contributed by atoms with Gasteiger partial charge >= 0.3 is 0 Å². The topological polar surface area (TPSA) is 121 Å². The van der Waals surface area contributed by atoms with Crippen molar-refractivity contribution >= 4 is 28.2 Å². The first-order valence-electron chi connectivity index (χ1n) is 9.55. The van der Waals surface area contributed by atoms with E-state index in [2.05, 4.69) is 15.3 Å². The normalized spacial score (nSPS) is 11.1. The number of aromatic amines is 1. The fourth-order valence-electron chi connectivity index (χ4n) is 3.19. The Hall–Kier alpha value is -3.59. The smallest absolute Gasteiger partial charge is 0.293 e. The third-order valence-electron chi connectivity index (χ3n) is 5.02. The SMILES string of the molecule is CCN(CC(=O)Nc1c([N+](=O)[O-])ccc(C)c1C)Cc1nc2ccccc2c(=O)[nH]1. The molecule has 0 atom stereocenters. The third-order valence-corrected chi connectivity index (χ3v) is 5.02. The minimum atomic E-state index is -0.511. The van der Waals surface area contributed by atoms with Crippen LogP contribution in [0.1, 0.15) is 23.9 Å². The zero-order valence-electron chi connectivity index (χ0n) is 17.1. The molecule has 0 bridgehead atoms. The van der Waals surface area contributed by atoms with Crippen LogP contribution in [0.3, 0.4) is 0 Å². The number of H-pyrrole nitrogens is 1. The second-order valence-electron chi connectivity index (χ2n) is 7.04. The number of hydrogen-bond donors (Lipinski definition) is 2. The molecule has 0 aliphatic rings. The molecule has 0 aliphatic carbocycles. The second-order valence-corrected chi connectivity index (χ2v) is 7.04. The Kier molecular flexibility index (Phi) is 6.22. The van der Waals surface area contributed by atoms with E-state index in [-0.39, 0.29) is 35.9 Å². The van der Waals surface area contributed by atoms with Gasteiger partial charge in [-0.05, 0) is 43.7 Å². The Labute approximate surface area is 172 Å². The first-order valence-corrected chi connectivity index (χ1v) is 9.55. The molecule has 3 aromatic rings. The van der Waals surface area contributed by atoms with E-state index < -0.39 is 4.92 Å². The molecular formula is C21H23N5O4.